The molecule has 1 aliphatic carbocycles. The van der Waals surface area contributed by atoms with Crippen LogP contribution in [0.1, 0.15) is 36.4 Å². The maximum absolute atomic E-state index is 15.0. The molecule has 6 nitrogen and oxygen atoms in total. The number of benzene rings is 2. The van der Waals surface area contributed by atoms with E-state index in [1.165, 1.54) is 18.6 Å². The van der Waals surface area contributed by atoms with Crippen LogP contribution in [-0.4, -0.2) is 49.5 Å². The average molecular weight is 573 g/mol. The van der Waals surface area contributed by atoms with Gasteiger partial charge in [0.25, 0.3) is 0 Å². The molecule has 1 saturated carbocycles. The van der Waals surface area contributed by atoms with E-state index in [1.807, 2.05) is 26.2 Å². The molecule has 11 heteroatoms. The number of hydrogen-bond donors (Lipinski definition) is 0. The number of rotatable bonds is 7. The van der Waals surface area contributed by atoms with Crippen LogP contribution in [0.3, 0.4) is 0 Å². The van der Waals surface area contributed by atoms with Gasteiger partial charge in [-0.15, -0.1) is 0 Å². The van der Waals surface area contributed by atoms with E-state index in [4.69, 9.17) is 39.5 Å². The van der Waals surface area contributed by atoms with Crippen molar-refractivity contribution in [1.82, 2.24) is 14.9 Å². The monoisotopic (exact) mass is 571 g/mol. The van der Waals surface area contributed by atoms with Gasteiger partial charge in [0.05, 0.1) is 16.5 Å². The van der Waals surface area contributed by atoms with Crippen molar-refractivity contribution in [3.05, 3.63) is 81.1 Å². The maximum Gasteiger partial charge on any atom is 0.187 e. The molecule has 1 heterocycles. The molecule has 192 valence electrons. The fourth-order valence-corrected chi connectivity index (χ4v) is 6.78. The van der Waals surface area contributed by atoms with Crippen molar-refractivity contribution < 1.29 is 17.5 Å². The molecule has 0 N–H and O–H groups in total. The number of likely N-dealkylation sites (N-methyl/N-ethyl adjacent to an activating group) is 1. The van der Waals surface area contributed by atoms with Gasteiger partial charge in [0, 0.05) is 28.4 Å². The summed E-state index contributed by atoms with van der Waals surface area (Å²) in [5.41, 5.74) is 1.33. The molecule has 3 aromatic rings. The molecule has 0 bridgehead atoms. The lowest BCUT2D eigenvalue weighted by molar-refractivity contribution is 0.0544. The Morgan fingerprint density at radius 1 is 1.08 bits per heavy atom. The highest BCUT2D eigenvalue weighted by Crippen LogP contribution is 2.40. The zero-order valence-electron chi connectivity index (χ0n) is 19.7. The van der Waals surface area contributed by atoms with Gasteiger partial charge >= 0.3 is 0 Å². The third-order valence-corrected chi connectivity index (χ3v) is 8.75. The average Bonchev–Trinajstić information content (AvgIpc) is 2.81. The van der Waals surface area contributed by atoms with Crippen molar-refractivity contribution in [1.29, 1.82) is 0 Å². The first kappa shape index (κ1) is 27.1. The number of ether oxygens (including phenoxy) is 1. The van der Waals surface area contributed by atoms with Crippen LogP contribution in [0.2, 0.25) is 15.1 Å². The lowest BCUT2D eigenvalue weighted by Gasteiger charge is -2.40. The van der Waals surface area contributed by atoms with E-state index in [0.717, 1.165) is 30.5 Å². The summed E-state index contributed by atoms with van der Waals surface area (Å²) in [6.07, 6.45) is 4.67. The van der Waals surface area contributed by atoms with Crippen LogP contribution in [-0.2, 0) is 15.6 Å². The topological polar surface area (TPSA) is 72.4 Å². The first-order chi connectivity index (χ1) is 17.0. The summed E-state index contributed by atoms with van der Waals surface area (Å²) in [5.74, 6) is -1.05. The molecule has 0 aliphatic heterocycles. The van der Waals surface area contributed by atoms with Crippen LogP contribution in [0.5, 0.6) is 5.75 Å². The van der Waals surface area contributed by atoms with E-state index < -0.39 is 26.3 Å². The quantitative estimate of drug-likeness (QED) is 0.336. The molecule has 0 radical (unpaired) electrons. The van der Waals surface area contributed by atoms with Crippen molar-refractivity contribution >= 4 is 44.6 Å². The summed E-state index contributed by atoms with van der Waals surface area (Å²) in [6.45, 7) is 0. The summed E-state index contributed by atoms with van der Waals surface area (Å²) in [7, 11) is -0.105. The lowest BCUT2D eigenvalue weighted by atomic mass is 9.79. The summed E-state index contributed by atoms with van der Waals surface area (Å²) in [4.78, 5) is 9.24. The molecule has 1 fully saturated rings. The second-order valence-corrected chi connectivity index (χ2v) is 12.3. The molecule has 2 aromatic carbocycles. The summed E-state index contributed by atoms with van der Waals surface area (Å²) < 4.78 is 46.8. The Hall–Kier alpha value is -1.97. The van der Waals surface area contributed by atoms with E-state index >= 15 is 4.39 Å². The third-order valence-electron chi connectivity index (χ3n) is 6.36. The molecule has 1 aromatic heterocycles. The summed E-state index contributed by atoms with van der Waals surface area (Å²) >= 11 is 18.8. The van der Waals surface area contributed by atoms with Gasteiger partial charge in [-0.05, 0) is 75.2 Å². The second-order valence-electron chi connectivity index (χ2n) is 9.07. The number of aromatic nitrogens is 2. The summed E-state index contributed by atoms with van der Waals surface area (Å²) in [6, 6.07) is 9.18. The van der Waals surface area contributed by atoms with Gasteiger partial charge in [0.1, 0.15) is 28.9 Å². The minimum atomic E-state index is -4.02. The number of hydrogen-bond acceptors (Lipinski definition) is 6. The molecule has 0 amide bonds. The Bertz CT molecular complexity index is 1320. The molecule has 4 rings (SSSR count). The van der Waals surface area contributed by atoms with Crippen molar-refractivity contribution in [3.8, 4) is 5.75 Å². The Kier molecular flexibility index (Phi) is 8.42. The molecule has 0 unspecified atom stereocenters. The predicted molar refractivity (Wildman–Crippen MR) is 139 cm³/mol. The number of sulfone groups is 1. The normalized spacial score (nSPS) is 20.5. The minimum Gasteiger partial charge on any atom is -0.487 e. The van der Waals surface area contributed by atoms with Gasteiger partial charge in [-0.3, -0.25) is 0 Å². The van der Waals surface area contributed by atoms with Crippen LogP contribution < -0.4 is 4.74 Å². The van der Waals surface area contributed by atoms with Gasteiger partial charge in [-0.2, -0.15) is 0 Å². The molecular weight excluding hydrogens is 548 g/mol. The zero-order chi connectivity index (χ0) is 26.0. The Morgan fingerprint density at radius 2 is 1.81 bits per heavy atom. The molecule has 1 aliphatic rings. The van der Waals surface area contributed by atoms with E-state index in [0.29, 0.717) is 16.5 Å². The largest absolute Gasteiger partial charge is 0.487 e. The highest BCUT2D eigenvalue weighted by atomic mass is 35.5. The van der Waals surface area contributed by atoms with Crippen molar-refractivity contribution in [2.24, 2.45) is 0 Å². The lowest BCUT2D eigenvalue weighted by Crippen LogP contribution is -2.46. The van der Waals surface area contributed by atoms with Crippen molar-refractivity contribution in [3.63, 3.8) is 0 Å². The van der Waals surface area contributed by atoms with Crippen LogP contribution in [0.25, 0.3) is 0 Å². The van der Waals surface area contributed by atoms with Gasteiger partial charge in [0.15, 0.2) is 9.84 Å². The molecular formula is C25H25Cl3FN3O3S. The van der Waals surface area contributed by atoms with Crippen LogP contribution in [0.15, 0.2) is 53.8 Å². The summed E-state index contributed by atoms with van der Waals surface area (Å²) in [5, 5.41) is 1.21. The Balaban J connectivity index is 1.53. The van der Waals surface area contributed by atoms with Gasteiger partial charge in [-0.25, -0.2) is 22.8 Å². The third kappa shape index (κ3) is 6.29. The zero-order valence-corrected chi connectivity index (χ0v) is 22.8. The van der Waals surface area contributed by atoms with E-state index in [-0.39, 0.29) is 34.5 Å². The van der Waals surface area contributed by atoms with E-state index in [1.54, 1.807) is 6.07 Å². The van der Waals surface area contributed by atoms with E-state index in [2.05, 4.69) is 14.9 Å². The van der Waals surface area contributed by atoms with Gasteiger partial charge in [0.2, 0.25) is 0 Å². The predicted octanol–water partition coefficient (Wildman–Crippen LogP) is 6.20. The highest BCUT2D eigenvalue weighted by Gasteiger charge is 2.35. The molecule has 3 atom stereocenters. The van der Waals surface area contributed by atoms with E-state index in [9.17, 15) is 8.42 Å². The van der Waals surface area contributed by atoms with Crippen LogP contribution in [0, 0.1) is 5.82 Å². The first-order valence-corrected chi connectivity index (χ1v) is 14.1. The van der Waals surface area contributed by atoms with Crippen molar-refractivity contribution in [2.75, 3.05) is 14.1 Å². The van der Waals surface area contributed by atoms with Crippen LogP contribution in [0.4, 0.5) is 4.39 Å². The highest BCUT2D eigenvalue weighted by molar-refractivity contribution is 7.90. The fraction of sp³-hybridized carbons (Fsp3) is 0.360. The number of halogens is 4. The number of nitrogens with zero attached hydrogens (tertiary/aromatic N) is 3. The SMILES string of the molecule is CN(C)[C@H]1C[C@@H](c2cc(Cl)cc(Cl)c2)CC[C@@H]1Oc1cc(F)c(S(=O)(=O)Cc2ccncn2)cc1Cl. The molecule has 36 heavy (non-hydrogen) atoms. The molecule has 0 spiro atoms. The minimum absolute atomic E-state index is 0.00167. The standard InChI is InChI=1S/C25H25Cl3FN3O3S/c1-32(2)22-9-15(16-7-17(26)10-18(27)8-16)3-4-23(22)35-24-12-21(29)25(11-20(24)28)36(33,34)13-19-5-6-30-14-31-19/h5-8,10-12,14-15,22-23H,3-4,9,13H2,1-2H3/t15-,22-,23-/m0/s1. The fourth-order valence-electron chi connectivity index (χ4n) is 4.59. The maximum atomic E-state index is 15.0. The Morgan fingerprint density at radius 3 is 2.44 bits per heavy atom. The van der Waals surface area contributed by atoms with Crippen molar-refractivity contribution in [2.45, 2.75) is 48.0 Å². The molecule has 0 saturated heterocycles. The van der Waals surface area contributed by atoms with Crippen LogP contribution >= 0.6 is 34.8 Å². The smallest absolute Gasteiger partial charge is 0.187 e. The second kappa shape index (κ2) is 11.2. The Labute approximate surface area is 225 Å². The first-order valence-electron chi connectivity index (χ1n) is 11.3. The van der Waals surface area contributed by atoms with Gasteiger partial charge in [-0.1, -0.05) is 34.8 Å². The van der Waals surface area contributed by atoms with Gasteiger partial charge < -0.3 is 9.64 Å².